The number of halogens is 1. The highest BCUT2D eigenvalue weighted by atomic mass is 35.5. The van der Waals surface area contributed by atoms with Crippen LogP contribution in [0.25, 0.3) is 0 Å². The van der Waals surface area contributed by atoms with E-state index in [0.717, 1.165) is 36.7 Å². The van der Waals surface area contributed by atoms with Gasteiger partial charge in [0.25, 0.3) is 0 Å². The molecule has 3 rings (SSSR count). The third-order valence-corrected chi connectivity index (χ3v) is 5.77. The zero-order valence-corrected chi connectivity index (χ0v) is 17.3. The van der Waals surface area contributed by atoms with E-state index in [4.69, 9.17) is 11.6 Å². The van der Waals surface area contributed by atoms with Gasteiger partial charge in [-0.3, -0.25) is 9.69 Å². The summed E-state index contributed by atoms with van der Waals surface area (Å²) in [4.78, 5) is 15.1. The van der Waals surface area contributed by atoms with Crippen LogP contribution in [0, 0.1) is 5.92 Å². The predicted octanol–water partition coefficient (Wildman–Crippen LogP) is 3.87. The van der Waals surface area contributed by atoms with Crippen molar-refractivity contribution in [2.24, 2.45) is 5.92 Å². The first kappa shape index (κ1) is 20.8. The number of likely N-dealkylation sites (tertiary alicyclic amines) is 1. The summed E-state index contributed by atoms with van der Waals surface area (Å²) < 4.78 is 0. The average Bonchev–Trinajstić information content (AvgIpc) is 2.73. The van der Waals surface area contributed by atoms with Crippen molar-refractivity contribution < 1.29 is 4.79 Å². The van der Waals surface area contributed by atoms with E-state index in [1.165, 1.54) is 19.3 Å². The highest BCUT2D eigenvalue weighted by molar-refractivity contribution is 6.30. The van der Waals surface area contributed by atoms with Crippen LogP contribution in [0.15, 0.2) is 54.6 Å². The third kappa shape index (κ3) is 6.06. The number of hydrogen-bond acceptors (Lipinski definition) is 3. The molecule has 150 valence electrons. The summed E-state index contributed by atoms with van der Waals surface area (Å²) in [5.74, 6) is 0.843. The molecule has 2 aromatic carbocycles. The van der Waals surface area contributed by atoms with Gasteiger partial charge >= 0.3 is 0 Å². The molecule has 4 nitrogen and oxygen atoms in total. The van der Waals surface area contributed by atoms with E-state index in [0.29, 0.717) is 11.6 Å². The Bertz CT molecular complexity index is 727. The molecule has 0 spiro atoms. The molecule has 2 N–H and O–H groups in total. The second-order valence-corrected chi connectivity index (χ2v) is 8.01. The Balaban J connectivity index is 1.60. The van der Waals surface area contributed by atoms with Gasteiger partial charge in [-0.15, -0.1) is 0 Å². The molecule has 2 aromatic rings. The Morgan fingerprint density at radius 2 is 1.71 bits per heavy atom. The molecule has 1 unspecified atom stereocenters. The molecule has 5 heteroatoms. The molecule has 1 atom stereocenters. The van der Waals surface area contributed by atoms with E-state index < -0.39 is 0 Å². The fraction of sp³-hybridized carbons (Fsp3) is 0.435. The lowest BCUT2D eigenvalue weighted by Gasteiger charge is -2.32. The molecular weight excluding hydrogens is 370 g/mol. The maximum absolute atomic E-state index is 12.8. The monoisotopic (exact) mass is 399 g/mol. The maximum atomic E-state index is 12.8. The van der Waals surface area contributed by atoms with Gasteiger partial charge in [0.05, 0.1) is 12.6 Å². The SMILES string of the molecule is CNCCC1CCN(CC(=O)NC(c2ccccc2)c2ccc(Cl)cc2)CC1. The minimum absolute atomic E-state index is 0.0671. The molecule has 1 aliphatic heterocycles. The molecule has 1 amide bonds. The van der Waals surface area contributed by atoms with E-state index in [-0.39, 0.29) is 11.9 Å². The van der Waals surface area contributed by atoms with Crippen molar-refractivity contribution in [2.45, 2.75) is 25.3 Å². The van der Waals surface area contributed by atoms with Gasteiger partial charge in [-0.25, -0.2) is 0 Å². The number of benzene rings is 2. The van der Waals surface area contributed by atoms with Gasteiger partial charge in [0.1, 0.15) is 0 Å². The Morgan fingerprint density at radius 1 is 1.07 bits per heavy atom. The first-order valence-electron chi connectivity index (χ1n) is 10.1. The van der Waals surface area contributed by atoms with Crippen LogP contribution in [0.1, 0.15) is 36.4 Å². The lowest BCUT2D eigenvalue weighted by atomic mass is 9.93. The second-order valence-electron chi connectivity index (χ2n) is 7.57. The largest absolute Gasteiger partial charge is 0.344 e. The maximum Gasteiger partial charge on any atom is 0.234 e. The Kier molecular flexibility index (Phi) is 7.90. The number of carbonyl (C=O) groups is 1. The lowest BCUT2D eigenvalue weighted by molar-refractivity contribution is -0.123. The van der Waals surface area contributed by atoms with Crippen LogP contribution in [0.2, 0.25) is 5.02 Å². The summed E-state index contributed by atoms with van der Waals surface area (Å²) in [6.45, 7) is 3.53. The normalized spacial score (nSPS) is 16.6. The lowest BCUT2D eigenvalue weighted by Crippen LogP contribution is -2.42. The Hall–Kier alpha value is -1.88. The third-order valence-electron chi connectivity index (χ3n) is 5.52. The fourth-order valence-electron chi connectivity index (χ4n) is 3.85. The van der Waals surface area contributed by atoms with Crippen molar-refractivity contribution in [3.63, 3.8) is 0 Å². The van der Waals surface area contributed by atoms with Crippen molar-refractivity contribution in [3.8, 4) is 0 Å². The minimum Gasteiger partial charge on any atom is -0.344 e. The van der Waals surface area contributed by atoms with Gasteiger partial charge in [-0.1, -0.05) is 54.1 Å². The standard InChI is InChI=1S/C23H30ClN3O/c1-25-14-11-18-12-15-27(16-13-18)17-22(28)26-23(19-5-3-2-4-6-19)20-7-9-21(24)10-8-20/h2-10,18,23,25H,11-17H2,1H3,(H,26,28). The van der Waals surface area contributed by atoms with Gasteiger partial charge in [0, 0.05) is 5.02 Å². The number of nitrogens with zero attached hydrogens (tertiary/aromatic N) is 1. The van der Waals surface area contributed by atoms with Gasteiger partial charge < -0.3 is 10.6 Å². The second kappa shape index (κ2) is 10.6. The van der Waals surface area contributed by atoms with E-state index in [2.05, 4.69) is 15.5 Å². The van der Waals surface area contributed by atoms with Gasteiger partial charge in [0.2, 0.25) is 5.91 Å². The fourth-order valence-corrected chi connectivity index (χ4v) is 3.98. The van der Waals surface area contributed by atoms with Crippen LogP contribution in [0.4, 0.5) is 0 Å². The molecule has 1 aliphatic rings. The van der Waals surface area contributed by atoms with Crippen LogP contribution in [0.5, 0.6) is 0 Å². The smallest absolute Gasteiger partial charge is 0.234 e. The van der Waals surface area contributed by atoms with Gasteiger partial charge in [-0.05, 0) is 75.1 Å². The average molecular weight is 400 g/mol. The summed E-state index contributed by atoms with van der Waals surface area (Å²) in [7, 11) is 2.00. The molecule has 1 saturated heterocycles. The summed E-state index contributed by atoms with van der Waals surface area (Å²) in [6, 6.07) is 17.6. The van der Waals surface area contributed by atoms with Crippen molar-refractivity contribution in [3.05, 3.63) is 70.7 Å². The van der Waals surface area contributed by atoms with Gasteiger partial charge in [0.15, 0.2) is 0 Å². The number of hydrogen-bond donors (Lipinski definition) is 2. The number of amides is 1. The molecular formula is C23H30ClN3O. The van der Waals surface area contributed by atoms with E-state index >= 15 is 0 Å². The molecule has 0 aromatic heterocycles. The number of carbonyl (C=O) groups excluding carboxylic acids is 1. The molecule has 0 radical (unpaired) electrons. The van der Waals surface area contributed by atoms with Crippen molar-refractivity contribution in [1.82, 2.24) is 15.5 Å². The molecule has 0 aliphatic carbocycles. The minimum atomic E-state index is -0.167. The van der Waals surface area contributed by atoms with Gasteiger partial charge in [-0.2, -0.15) is 0 Å². The first-order chi connectivity index (χ1) is 13.7. The molecule has 0 bridgehead atoms. The Morgan fingerprint density at radius 3 is 2.36 bits per heavy atom. The quantitative estimate of drug-likeness (QED) is 0.708. The molecule has 28 heavy (non-hydrogen) atoms. The van der Waals surface area contributed by atoms with E-state index in [1.54, 1.807) is 0 Å². The van der Waals surface area contributed by atoms with Crippen molar-refractivity contribution in [1.29, 1.82) is 0 Å². The predicted molar refractivity (Wildman–Crippen MR) is 116 cm³/mol. The summed E-state index contributed by atoms with van der Waals surface area (Å²) in [5.41, 5.74) is 2.11. The highest BCUT2D eigenvalue weighted by Gasteiger charge is 2.22. The summed E-state index contributed by atoms with van der Waals surface area (Å²) in [5, 5.41) is 7.15. The van der Waals surface area contributed by atoms with Crippen molar-refractivity contribution in [2.75, 3.05) is 33.2 Å². The van der Waals surface area contributed by atoms with Crippen LogP contribution in [0.3, 0.4) is 0 Å². The topological polar surface area (TPSA) is 44.4 Å². The summed E-state index contributed by atoms with van der Waals surface area (Å²) >= 11 is 6.04. The van der Waals surface area contributed by atoms with E-state index in [9.17, 15) is 4.79 Å². The number of rotatable bonds is 8. The molecule has 1 heterocycles. The number of piperidine rings is 1. The molecule has 1 fully saturated rings. The first-order valence-corrected chi connectivity index (χ1v) is 10.5. The van der Waals surface area contributed by atoms with Crippen LogP contribution in [-0.2, 0) is 4.79 Å². The number of nitrogens with one attached hydrogen (secondary N) is 2. The Labute approximate surface area is 173 Å². The zero-order chi connectivity index (χ0) is 19.8. The highest BCUT2D eigenvalue weighted by Crippen LogP contribution is 2.24. The van der Waals surface area contributed by atoms with Crippen molar-refractivity contribution >= 4 is 17.5 Å². The van der Waals surface area contributed by atoms with Crippen LogP contribution < -0.4 is 10.6 Å². The zero-order valence-electron chi connectivity index (χ0n) is 16.5. The van der Waals surface area contributed by atoms with E-state index in [1.807, 2.05) is 61.6 Å². The molecule has 0 saturated carbocycles. The van der Waals surface area contributed by atoms with Crippen LogP contribution >= 0.6 is 11.6 Å². The summed E-state index contributed by atoms with van der Waals surface area (Å²) in [6.07, 6.45) is 3.58. The van der Waals surface area contributed by atoms with Crippen LogP contribution in [-0.4, -0.2) is 44.0 Å².